The van der Waals surface area contributed by atoms with Crippen LogP contribution in [0.2, 0.25) is 0 Å². The van der Waals surface area contributed by atoms with Crippen LogP contribution in [0.4, 0.5) is 8.78 Å². The highest BCUT2D eigenvalue weighted by Crippen LogP contribution is 2.34. The van der Waals surface area contributed by atoms with Crippen LogP contribution in [0.15, 0.2) is 52.9 Å². The lowest BCUT2D eigenvalue weighted by atomic mass is 9.97. The molecule has 8 heteroatoms. The average Bonchev–Trinajstić information content (AvgIpc) is 3.38. The second-order valence-electron chi connectivity index (χ2n) is 6.97. The highest BCUT2D eigenvalue weighted by molar-refractivity contribution is 5.94. The van der Waals surface area contributed by atoms with Gasteiger partial charge in [0.25, 0.3) is 5.91 Å². The van der Waals surface area contributed by atoms with E-state index in [-0.39, 0.29) is 23.3 Å². The van der Waals surface area contributed by atoms with Gasteiger partial charge >= 0.3 is 0 Å². The predicted molar refractivity (Wildman–Crippen MR) is 100 cm³/mol. The fourth-order valence-corrected chi connectivity index (χ4v) is 3.59. The van der Waals surface area contributed by atoms with Crippen LogP contribution in [0.1, 0.15) is 22.2 Å². The van der Waals surface area contributed by atoms with Gasteiger partial charge in [-0.25, -0.2) is 8.78 Å². The van der Waals surface area contributed by atoms with Crippen molar-refractivity contribution in [1.82, 2.24) is 15.1 Å². The molecule has 2 heterocycles. The first-order chi connectivity index (χ1) is 14.1. The number of carbonyl (C=O) groups excluding carboxylic acids is 1. The van der Waals surface area contributed by atoms with Crippen molar-refractivity contribution in [1.29, 1.82) is 0 Å². The molecule has 0 spiro atoms. The van der Waals surface area contributed by atoms with Crippen molar-refractivity contribution >= 4 is 5.91 Å². The van der Waals surface area contributed by atoms with Crippen molar-refractivity contribution in [3.05, 3.63) is 71.6 Å². The second-order valence-corrected chi connectivity index (χ2v) is 6.97. The van der Waals surface area contributed by atoms with Gasteiger partial charge in [-0.1, -0.05) is 18.2 Å². The standard InChI is InChI=1S/C21H19F2N3O3/c1-28-12-15-10-26(21(27)14-7-8-17(22)18(23)9-14)11-16(15)20-25-24-19(29-20)13-5-3-2-4-6-13/h2-9,15-16H,10-12H2,1H3/t15-,16+/m0/s1. The molecule has 2 aromatic carbocycles. The normalized spacial score (nSPS) is 18.9. The van der Waals surface area contributed by atoms with Gasteiger partial charge in [-0.15, -0.1) is 10.2 Å². The number of amides is 1. The van der Waals surface area contributed by atoms with Crippen LogP contribution in [0, 0.1) is 17.6 Å². The molecular formula is C21H19F2N3O3. The molecule has 3 aromatic rings. The Morgan fingerprint density at radius 2 is 1.93 bits per heavy atom. The van der Waals surface area contributed by atoms with Crippen LogP contribution < -0.4 is 0 Å². The molecule has 1 amide bonds. The van der Waals surface area contributed by atoms with E-state index in [1.807, 2.05) is 30.3 Å². The summed E-state index contributed by atoms with van der Waals surface area (Å²) in [6, 6.07) is 12.5. The summed E-state index contributed by atoms with van der Waals surface area (Å²) < 4.78 is 37.9. The van der Waals surface area contributed by atoms with Crippen LogP contribution in [0.3, 0.4) is 0 Å². The van der Waals surface area contributed by atoms with E-state index in [4.69, 9.17) is 9.15 Å². The third kappa shape index (κ3) is 3.88. The van der Waals surface area contributed by atoms with E-state index in [1.54, 1.807) is 12.0 Å². The van der Waals surface area contributed by atoms with Gasteiger partial charge in [-0.2, -0.15) is 0 Å². The molecule has 0 N–H and O–H groups in total. The summed E-state index contributed by atoms with van der Waals surface area (Å²) in [7, 11) is 1.58. The summed E-state index contributed by atoms with van der Waals surface area (Å²) in [6.45, 7) is 1.11. The highest BCUT2D eigenvalue weighted by atomic mass is 19.2. The first kappa shape index (κ1) is 19.2. The zero-order chi connectivity index (χ0) is 20.4. The minimum Gasteiger partial charge on any atom is -0.420 e. The molecule has 29 heavy (non-hydrogen) atoms. The average molecular weight is 399 g/mol. The third-order valence-electron chi connectivity index (χ3n) is 5.05. The molecule has 1 aromatic heterocycles. The second kappa shape index (κ2) is 8.08. The van der Waals surface area contributed by atoms with Gasteiger partial charge in [-0.3, -0.25) is 4.79 Å². The Morgan fingerprint density at radius 3 is 2.66 bits per heavy atom. The molecule has 0 unspecified atom stereocenters. The molecular weight excluding hydrogens is 380 g/mol. The van der Waals surface area contributed by atoms with E-state index in [9.17, 15) is 13.6 Å². The number of halogens is 2. The quantitative estimate of drug-likeness (QED) is 0.657. The maximum absolute atomic E-state index is 13.5. The minimum absolute atomic E-state index is 0.0571. The molecule has 1 fully saturated rings. The van der Waals surface area contributed by atoms with Crippen LogP contribution >= 0.6 is 0 Å². The molecule has 2 atom stereocenters. The van der Waals surface area contributed by atoms with Crippen molar-refractivity contribution in [3.63, 3.8) is 0 Å². The fourth-order valence-electron chi connectivity index (χ4n) is 3.59. The van der Waals surface area contributed by atoms with Gasteiger partial charge in [-0.05, 0) is 30.3 Å². The Balaban J connectivity index is 1.56. The fraction of sp³-hybridized carbons (Fsp3) is 0.286. The molecule has 0 bridgehead atoms. The number of nitrogens with zero attached hydrogens (tertiary/aromatic N) is 3. The molecule has 1 saturated heterocycles. The number of carbonyl (C=O) groups is 1. The van der Waals surface area contributed by atoms with Crippen molar-refractivity contribution < 1.29 is 22.7 Å². The number of methoxy groups -OCH3 is 1. The summed E-state index contributed by atoms with van der Waals surface area (Å²) >= 11 is 0. The minimum atomic E-state index is -1.05. The molecule has 0 aliphatic carbocycles. The van der Waals surface area contributed by atoms with Crippen LogP contribution in [0.5, 0.6) is 0 Å². The smallest absolute Gasteiger partial charge is 0.253 e. The van der Waals surface area contributed by atoms with E-state index < -0.39 is 11.6 Å². The highest BCUT2D eigenvalue weighted by Gasteiger charge is 2.39. The van der Waals surface area contributed by atoms with Gasteiger partial charge in [0.15, 0.2) is 11.6 Å². The largest absolute Gasteiger partial charge is 0.420 e. The third-order valence-corrected chi connectivity index (χ3v) is 5.05. The van der Waals surface area contributed by atoms with Crippen molar-refractivity contribution in [3.8, 4) is 11.5 Å². The van der Waals surface area contributed by atoms with Crippen molar-refractivity contribution in [2.45, 2.75) is 5.92 Å². The number of likely N-dealkylation sites (tertiary alicyclic amines) is 1. The van der Waals surface area contributed by atoms with Crippen LogP contribution in [0.25, 0.3) is 11.5 Å². The van der Waals surface area contributed by atoms with E-state index in [1.165, 1.54) is 6.07 Å². The van der Waals surface area contributed by atoms with Gasteiger partial charge in [0.2, 0.25) is 11.8 Å². The number of hydrogen-bond acceptors (Lipinski definition) is 5. The van der Waals surface area contributed by atoms with Crippen LogP contribution in [-0.2, 0) is 4.74 Å². The Labute approximate surface area is 166 Å². The summed E-state index contributed by atoms with van der Waals surface area (Å²) in [5, 5.41) is 8.30. The van der Waals surface area contributed by atoms with E-state index in [2.05, 4.69) is 10.2 Å². The van der Waals surface area contributed by atoms with Crippen molar-refractivity contribution in [2.24, 2.45) is 5.92 Å². The summed E-state index contributed by atoms with van der Waals surface area (Å²) in [6.07, 6.45) is 0. The van der Waals surface area contributed by atoms with Crippen molar-refractivity contribution in [2.75, 3.05) is 26.8 Å². The van der Waals surface area contributed by atoms with Gasteiger partial charge in [0.1, 0.15) is 0 Å². The SMILES string of the molecule is COC[C@@H]1CN(C(=O)c2ccc(F)c(F)c2)C[C@H]1c1nnc(-c2ccccc2)o1. The maximum atomic E-state index is 13.5. The van der Waals surface area contributed by atoms with E-state index >= 15 is 0 Å². The molecule has 0 radical (unpaired) electrons. The lowest BCUT2D eigenvalue weighted by Crippen LogP contribution is -2.29. The zero-order valence-electron chi connectivity index (χ0n) is 15.7. The first-order valence-electron chi connectivity index (χ1n) is 9.19. The molecule has 0 saturated carbocycles. The monoisotopic (exact) mass is 399 g/mol. The van der Waals surface area contributed by atoms with E-state index in [0.717, 1.165) is 17.7 Å². The van der Waals surface area contributed by atoms with Crippen LogP contribution in [-0.4, -0.2) is 47.8 Å². The Bertz CT molecular complexity index is 1010. The Kier molecular flexibility index (Phi) is 5.35. The maximum Gasteiger partial charge on any atom is 0.253 e. The summed E-state index contributed by atoms with van der Waals surface area (Å²) in [4.78, 5) is 14.4. The van der Waals surface area contributed by atoms with Gasteiger partial charge in [0.05, 0.1) is 12.5 Å². The number of rotatable bonds is 5. The molecule has 6 nitrogen and oxygen atoms in total. The molecule has 1 aliphatic rings. The lowest BCUT2D eigenvalue weighted by Gasteiger charge is -2.16. The Hall–Kier alpha value is -3.13. The Morgan fingerprint density at radius 1 is 1.14 bits per heavy atom. The molecule has 1 aliphatic heterocycles. The summed E-state index contributed by atoms with van der Waals surface area (Å²) in [5.41, 5.74) is 0.901. The number of aromatic nitrogens is 2. The first-order valence-corrected chi connectivity index (χ1v) is 9.19. The van der Waals surface area contributed by atoms with Gasteiger partial charge in [0, 0.05) is 37.2 Å². The lowest BCUT2D eigenvalue weighted by molar-refractivity contribution is 0.0774. The molecule has 150 valence electrons. The predicted octanol–water partition coefficient (Wildman–Crippen LogP) is 3.52. The molecule has 4 rings (SSSR count). The number of benzene rings is 2. The number of ether oxygens (including phenoxy) is 1. The van der Waals surface area contributed by atoms with Gasteiger partial charge < -0.3 is 14.1 Å². The topological polar surface area (TPSA) is 68.5 Å². The van der Waals surface area contributed by atoms with E-state index in [0.29, 0.717) is 31.5 Å². The number of hydrogen-bond donors (Lipinski definition) is 0. The zero-order valence-corrected chi connectivity index (χ0v) is 15.7. The summed E-state index contributed by atoms with van der Waals surface area (Å²) in [5.74, 6) is -1.86.